The molecule has 8 heteroatoms. The number of hydrogen-bond donors (Lipinski definition) is 1. The molecule has 6 nitrogen and oxygen atoms in total. The summed E-state index contributed by atoms with van der Waals surface area (Å²) in [7, 11) is -3.28. The number of hydrogen-bond acceptors (Lipinski definition) is 6. The average Bonchev–Trinajstić information content (AvgIpc) is 3.03. The van der Waals surface area contributed by atoms with Crippen molar-refractivity contribution in [3.63, 3.8) is 0 Å². The molecule has 2 heterocycles. The summed E-state index contributed by atoms with van der Waals surface area (Å²) in [4.78, 5) is 20.9. The van der Waals surface area contributed by atoms with Crippen molar-refractivity contribution < 1.29 is 13.2 Å². The van der Waals surface area contributed by atoms with Crippen molar-refractivity contribution in [1.29, 1.82) is 0 Å². The zero-order chi connectivity index (χ0) is 17.2. The highest BCUT2D eigenvalue weighted by atomic mass is 32.2. The van der Waals surface area contributed by atoms with Crippen LogP contribution in [0.2, 0.25) is 0 Å². The first-order valence-corrected chi connectivity index (χ1v) is 9.69. The van der Waals surface area contributed by atoms with Crippen molar-refractivity contribution in [1.82, 2.24) is 9.97 Å². The number of thiazole rings is 1. The summed E-state index contributed by atoms with van der Waals surface area (Å²) in [5, 5.41) is 4.96. The van der Waals surface area contributed by atoms with E-state index in [4.69, 9.17) is 0 Å². The SMILES string of the molecule is CS(=O)(=O)c1ccc(C(=O)Nc2nc(-c3ccccn3)cs2)cc1. The second-order valence-electron chi connectivity index (χ2n) is 5.00. The smallest absolute Gasteiger partial charge is 0.257 e. The van der Waals surface area contributed by atoms with Crippen molar-refractivity contribution in [3.8, 4) is 11.4 Å². The zero-order valence-electron chi connectivity index (χ0n) is 12.6. The fourth-order valence-electron chi connectivity index (χ4n) is 1.99. The lowest BCUT2D eigenvalue weighted by atomic mass is 10.2. The molecule has 0 spiro atoms. The number of sulfone groups is 1. The maximum Gasteiger partial charge on any atom is 0.257 e. The molecule has 24 heavy (non-hydrogen) atoms. The Kier molecular flexibility index (Phi) is 4.41. The Morgan fingerprint density at radius 2 is 1.83 bits per heavy atom. The van der Waals surface area contributed by atoms with E-state index >= 15 is 0 Å². The molecule has 0 radical (unpaired) electrons. The molecule has 0 saturated carbocycles. The zero-order valence-corrected chi connectivity index (χ0v) is 14.3. The Hall–Kier alpha value is -2.58. The van der Waals surface area contributed by atoms with Gasteiger partial charge in [-0.15, -0.1) is 11.3 Å². The Morgan fingerprint density at radius 1 is 1.08 bits per heavy atom. The molecule has 122 valence electrons. The minimum Gasteiger partial charge on any atom is -0.298 e. The lowest BCUT2D eigenvalue weighted by Gasteiger charge is -2.03. The van der Waals surface area contributed by atoms with Crippen LogP contribution >= 0.6 is 11.3 Å². The molecule has 1 N–H and O–H groups in total. The van der Waals surface area contributed by atoms with Gasteiger partial charge in [0.2, 0.25) is 0 Å². The molecule has 2 aromatic heterocycles. The number of carbonyl (C=O) groups excluding carboxylic acids is 1. The van der Waals surface area contributed by atoms with E-state index in [2.05, 4.69) is 15.3 Å². The maximum atomic E-state index is 12.2. The summed E-state index contributed by atoms with van der Waals surface area (Å²) >= 11 is 1.30. The third-order valence-electron chi connectivity index (χ3n) is 3.20. The van der Waals surface area contributed by atoms with Gasteiger partial charge in [0.15, 0.2) is 15.0 Å². The van der Waals surface area contributed by atoms with E-state index < -0.39 is 9.84 Å². The molecule has 1 aromatic carbocycles. The van der Waals surface area contributed by atoms with Crippen LogP contribution in [0, 0.1) is 0 Å². The highest BCUT2D eigenvalue weighted by Gasteiger charge is 2.12. The first kappa shape index (κ1) is 16.3. The number of anilines is 1. The van der Waals surface area contributed by atoms with E-state index in [1.54, 1.807) is 6.20 Å². The van der Waals surface area contributed by atoms with Crippen LogP contribution in [0.25, 0.3) is 11.4 Å². The van der Waals surface area contributed by atoms with E-state index in [1.807, 2.05) is 23.6 Å². The molecule has 3 aromatic rings. The summed E-state index contributed by atoms with van der Waals surface area (Å²) < 4.78 is 22.9. The largest absolute Gasteiger partial charge is 0.298 e. The molecular weight excluding hydrogens is 346 g/mol. The van der Waals surface area contributed by atoms with E-state index in [1.165, 1.54) is 35.6 Å². The predicted octanol–water partition coefficient (Wildman–Crippen LogP) is 2.86. The van der Waals surface area contributed by atoms with Crippen LogP contribution in [0.15, 0.2) is 58.9 Å². The molecule has 0 unspecified atom stereocenters. The molecule has 0 bridgehead atoms. The Balaban J connectivity index is 1.75. The number of nitrogens with one attached hydrogen (secondary N) is 1. The van der Waals surface area contributed by atoms with Crippen molar-refractivity contribution in [2.24, 2.45) is 0 Å². The Labute approximate surface area is 143 Å². The van der Waals surface area contributed by atoms with Gasteiger partial charge < -0.3 is 0 Å². The molecule has 1 amide bonds. The second kappa shape index (κ2) is 6.50. The molecule has 0 fully saturated rings. The summed E-state index contributed by atoms with van der Waals surface area (Å²) in [6.45, 7) is 0. The van der Waals surface area contributed by atoms with Gasteiger partial charge in [-0.25, -0.2) is 13.4 Å². The fraction of sp³-hybridized carbons (Fsp3) is 0.0625. The van der Waals surface area contributed by atoms with Gasteiger partial charge in [0.25, 0.3) is 5.91 Å². The van der Waals surface area contributed by atoms with Gasteiger partial charge in [0.1, 0.15) is 5.69 Å². The standard InChI is InChI=1S/C16H13N3O3S2/c1-24(21,22)12-7-5-11(6-8-12)15(20)19-16-18-14(10-23-16)13-4-2-3-9-17-13/h2-10H,1H3,(H,18,19,20). The van der Waals surface area contributed by atoms with Crippen LogP contribution in [0.5, 0.6) is 0 Å². The second-order valence-corrected chi connectivity index (χ2v) is 7.88. The summed E-state index contributed by atoms with van der Waals surface area (Å²) in [6.07, 6.45) is 2.80. The molecule has 0 saturated heterocycles. The van der Waals surface area contributed by atoms with Gasteiger partial charge in [0.05, 0.1) is 10.6 Å². The van der Waals surface area contributed by atoms with E-state index in [0.717, 1.165) is 11.9 Å². The van der Waals surface area contributed by atoms with Gasteiger partial charge in [-0.3, -0.25) is 15.1 Å². The van der Waals surface area contributed by atoms with E-state index in [9.17, 15) is 13.2 Å². The molecule has 0 aliphatic heterocycles. The van der Waals surface area contributed by atoms with Crippen LogP contribution in [0.1, 0.15) is 10.4 Å². The summed E-state index contributed by atoms with van der Waals surface area (Å²) in [5.74, 6) is -0.350. The normalized spacial score (nSPS) is 11.2. The fourth-order valence-corrected chi connectivity index (χ4v) is 3.32. The summed E-state index contributed by atoms with van der Waals surface area (Å²) in [5.41, 5.74) is 1.77. The number of rotatable bonds is 4. The Morgan fingerprint density at radius 3 is 2.46 bits per heavy atom. The predicted molar refractivity (Wildman–Crippen MR) is 92.9 cm³/mol. The topological polar surface area (TPSA) is 89.0 Å². The van der Waals surface area contributed by atoms with Crippen molar-refractivity contribution >= 4 is 32.2 Å². The number of nitrogens with zero attached hydrogens (tertiary/aromatic N) is 2. The Bertz CT molecular complexity index is 965. The lowest BCUT2D eigenvalue weighted by Crippen LogP contribution is -2.12. The molecule has 0 aliphatic carbocycles. The van der Waals surface area contributed by atoms with Crippen LogP contribution in [-0.2, 0) is 9.84 Å². The third kappa shape index (κ3) is 3.66. The van der Waals surface area contributed by atoms with Gasteiger partial charge in [-0.1, -0.05) is 6.07 Å². The van der Waals surface area contributed by atoms with Gasteiger partial charge in [-0.05, 0) is 36.4 Å². The van der Waals surface area contributed by atoms with Crippen LogP contribution in [0.4, 0.5) is 5.13 Å². The molecule has 0 aliphatic rings. The van der Waals surface area contributed by atoms with Crippen molar-refractivity contribution in [2.75, 3.05) is 11.6 Å². The lowest BCUT2D eigenvalue weighted by molar-refractivity contribution is 0.102. The van der Waals surface area contributed by atoms with Crippen molar-refractivity contribution in [2.45, 2.75) is 4.90 Å². The number of amides is 1. The monoisotopic (exact) mass is 359 g/mol. The first-order valence-electron chi connectivity index (χ1n) is 6.92. The quantitative estimate of drug-likeness (QED) is 0.774. The maximum absolute atomic E-state index is 12.2. The van der Waals surface area contributed by atoms with Crippen LogP contribution in [0.3, 0.4) is 0 Å². The summed E-state index contributed by atoms with van der Waals surface area (Å²) in [6, 6.07) is 11.3. The highest BCUT2D eigenvalue weighted by molar-refractivity contribution is 7.90. The van der Waals surface area contributed by atoms with E-state index in [-0.39, 0.29) is 10.8 Å². The number of benzene rings is 1. The average molecular weight is 359 g/mol. The van der Waals surface area contributed by atoms with Gasteiger partial charge in [0, 0.05) is 23.4 Å². The molecular formula is C16H13N3O3S2. The molecule has 3 rings (SSSR count). The van der Waals surface area contributed by atoms with Gasteiger partial charge >= 0.3 is 0 Å². The minimum atomic E-state index is -3.28. The number of pyridine rings is 1. The van der Waals surface area contributed by atoms with Crippen molar-refractivity contribution in [3.05, 3.63) is 59.6 Å². The van der Waals surface area contributed by atoms with E-state index in [0.29, 0.717) is 16.4 Å². The molecule has 0 atom stereocenters. The third-order valence-corrected chi connectivity index (χ3v) is 5.08. The number of carbonyl (C=O) groups is 1. The minimum absolute atomic E-state index is 0.172. The first-order chi connectivity index (χ1) is 11.4. The van der Waals surface area contributed by atoms with Crippen LogP contribution in [-0.4, -0.2) is 30.5 Å². The van der Waals surface area contributed by atoms with Gasteiger partial charge in [-0.2, -0.15) is 0 Å². The van der Waals surface area contributed by atoms with Crippen LogP contribution < -0.4 is 5.32 Å². The highest BCUT2D eigenvalue weighted by Crippen LogP contribution is 2.23. The number of aromatic nitrogens is 2.